The standard InChI is InChI=1S/C15H19NO4S/c1-9(10-3-5-11(21-2)6-4-10)16-14(17)12-7-8-13(20-12)15(18)19/h3-6,9,12-13H,7-8H2,1-2H3,(H,16,17)(H,18,19). The first-order chi connectivity index (χ1) is 10.0. The quantitative estimate of drug-likeness (QED) is 0.816. The number of nitrogens with one attached hydrogen (secondary N) is 1. The number of carbonyl (C=O) groups excluding carboxylic acids is 1. The van der Waals surface area contributed by atoms with E-state index >= 15 is 0 Å². The fraction of sp³-hybridized carbons (Fsp3) is 0.467. The lowest BCUT2D eigenvalue weighted by molar-refractivity contribution is -0.151. The molecule has 1 amide bonds. The molecule has 1 fully saturated rings. The molecule has 0 bridgehead atoms. The van der Waals surface area contributed by atoms with Crippen LogP contribution in [0.2, 0.25) is 0 Å². The molecule has 114 valence electrons. The average molecular weight is 309 g/mol. The van der Waals surface area contributed by atoms with E-state index in [1.165, 1.54) is 4.90 Å². The van der Waals surface area contributed by atoms with Crippen LogP contribution in [0, 0.1) is 0 Å². The first-order valence-electron chi connectivity index (χ1n) is 6.84. The van der Waals surface area contributed by atoms with Gasteiger partial charge in [0, 0.05) is 4.90 Å². The van der Waals surface area contributed by atoms with Gasteiger partial charge in [-0.25, -0.2) is 4.79 Å². The van der Waals surface area contributed by atoms with Crippen LogP contribution in [0.15, 0.2) is 29.2 Å². The molecule has 6 heteroatoms. The number of rotatable bonds is 5. The second kappa shape index (κ2) is 6.95. The lowest BCUT2D eigenvalue weighted by Gasteiger charge is -2.18. The fourth-order valence-electron chi connectivity index (χ4n) is 2.29. The summed E-state index contributed by atoms with van der Waals surface area (Å²) in [5.41, 5.74) is 1.01. The van der Waals surface area contributed by atoms with E-state index in [0.29, 0.717) is 12.8 Å². The van der Waals surface area contributed by atoms with Crippen molar-refractivity contribution in [3.63, 3.8) is 0 Å². The summed E-state index contributed by atoms with van der Waals surface area (Å²) in [5, 5.41) is 11.7. The van der Waals surface area contributed by atoms with Crippen LogP contribution in [0.25, 0.3) is 0 Å². The molecule has 0 spiro atoms. The van der Waals surface area contributed by atoms with Crippen LogP contribution in [-0.2, 0) is 14.3 Å². The number of thioether (sulfide) groups is 1. The third-order valence-electron chi connectivity index (χ3n) is 3.56. The van der Waals surface area contributed by atoms with E-state index in [4.69, 9.17) is 9.84 Å². The van der Waals surface area contributed by atoms with E-state index in [1.54, 1.807) is 11.8 Å². The highest BCUT2D eigenvalue weighted by Crippen LogP contribution is 2.22. The number of carboxylic acids is 1. The van der Waals surface area contributed by atoms with Gasteiger partial charge >= 0.3 is 5.97 Å². The number of carboxylic acid groups (broad SMARTS) is 1. The summed E-state index contributed by atoms with van der Waals surface area (Å²) in [6.07, 6.45) is 1.30. The fourth-order valence-corrected chi connectivity index (χ4v) is 2.70. The maximum absolute atomic E-state index is 12.1. The summed E-state index contributed by atoms with van der Waals surface area (Å²) in [6, 6.07) is 7.84. The van der Waals surface area contributed by atoms with Crippen LogP contribution in [0.5, 0.6) is 0 Å². The molecule has 5 nitrogen and oxygen atoms in total. The summed E-state index contributed by atoms with van der Waals surface area (Å²) in [6.45, 7) is 1.90. The van der Waals surface area contributed by atoms with Gasteiger partial charge in [-0.15, -0.1) is 11.8 Å². The molecule has 2 N–H and O–H groups in total. The molecule has 0 aliphatic carbocycles. The van der Waals surface area contributed by atoms with Crippen molar-refractivity contribution in [3.05, 3.63) is 29.8 Å². The minimum Gasteiger partial charge on any atom is -0.479 e. The molecule has 0 aromatic heterocycles. The molecule has 1 aliphatic rings. The Hall–Kier alpha value is -1.53. The predicted octanol–water partition coefficient (Wildman–Crippen LogP) is 2.22. The summed E-state index contributed by atoms with van der Waals surface area (Å²) in [4.78, 5) is 24.1. The van der Waals surface area contributed by atoms with Gasteiger partial charge in [-0.3, -0.25) is 4.79 Å². The van der Waals surface area contributed by atoms with Crippen molar-refractivity contribution in [3.8, 4) is 0 Å². The van der Waals surface area contributed by atoms with E-state index in [2.05, 4.69) is 5.32 Å². The second-order valence-corrected chi connectivity index (χ2v) is 5.91. The Morgan fingerprint density at radius 2 is 1.90 bits per heavy atom. The van der Waals surface area contributed by atoms with Gasteiger partial charge in [0.15, 0.2) is 6.10 Å². The molecule has 3 unspecified atom stereocenters. The molecule has 0 radical (unpaired) electrons. The molecule has 1 heterocycles. The predicted molar refractivity (Wildman–Crippen MR) is 80.3 cm³/mol. The molecule has 1 saturated heterocycles. The Kier molecular flexibility index (Phi) is 5.25. The second-order valence-electron chi connectivity index (χ2n) is 5.03. The Labute approximate surface area is 128 Å². The number of amides is 1. The first-order valence-corrected chi connectivity index (χ1v) is 8.06. The highest BCUT2D eigenvalue weighted by molar-refractivity contribution is 7.98. The van der Waals surface area contributed by atoms with Crippen molar-refractivity contribution in [1.29, 1.82) is 0 Å². The van der Waals surface area contributed by atoms with Gasteiger partial charge in [0.2, 0.25) is 5.91 Å². The lowest BCUT2D eigenvalue weighted by atomic mass is 10.1. The molecular weight excluding hydrogens is 290 g/mol. The molecule has 2 rings (SSSR count). The minimum absolute atomic E-state index is 0.138. The highest BCUT2D eigenvalue weighted by atomic mass is 32.2. The van der Waals surface area contributed by atoms with Gasteiger partial charge in [0.1, 0.15) is 6.10 Å². The Bertz CT molecular complexity index is 517. The Morgan fingerprint density at radius 1 is 1.29 bits per heavy atom. The molecule has 21 heavy (non-hydrogen) atoms. The molecule has 1 aromatic rings. The zero-order valence-electron chi connectivity index (χ0n) is 12.0. The van der Waals surface area contributed by atoms with E-state index in [0.717, 1.165) is 5.56 Å². The largest absolute Gasteiger partial charge is 0.479 e. The smallest absolute Gasteiger partial charge is 0.332 e. The Morgan fingerprint density at radius 3 is 2.43 bits per heavy atom. The number of hydrogen-bond donors (Lipinski definition) is 2. The van der Waals surface area contributed by atoms with Crippen LogP contribution in [0.1, 0.15) is 31.4 Å². The summed E-state index contributed by atoms with van der Waals surface area (Å²) in [7, 11) is 0. The van der Waals surface area contributed by atoms with Crippen molar-refractivity contribution < 1.29 is 19.4 Å². The van der Waals surface area contributed by atoms with Crippen molar-refractivity contribution in [2.45, 2.75) is 42.9 Å². The molecule has 1 aromatic carbocycles. The third-order valence-corrected chi connectivity index (χ3v) is 4.31. The van der Waals surface area contributed by atoms with Crippen LogP contribution >= 0.6 is 11.8 Å². The number of carbonyl (C=O) groups is 2. The number of hydrogen-bond acceptors (Lipinski definition) is 4. The zero-order chi connectivity index (χ0) is 15.4. The summed E-state index contributed by atoms with van der Waals surface area (Å²) in [5.74, 6) is -1.26. The number of aliphatic carboxylic acids is 1. The SMILES string of the molecule is CSc1ccc(C(C)NC(=O)C2CCC(C(=O)O)O2)cc1. The summed E-state index contributed by atoms with van der Waals surface area (Å²) < 4.78 is 5.24. The van der Waals surface area contributed by atoms with E-state index < -0.39 is 18.2 Å². The van der Waals surface area contributed by atoms with E-state index in [-0.39, 0.29) is 11.9 Å². The molecule has 1 aliphatic heterocycles. The molecule has 3 atom stereocenters. The van der Waals surface area contributed by atoms with Crippen molar-refractivity contribution in [2.75, 3.05) is 6.26 Å². The van der Waals surface area contributed by atoms with Gasteiger partial charge in [-0.05, 0) is 43.7 Å². The van der Waals surface area contributed by atoms with E-state index in [1.807, 2.05) is 37.4 Å². The maximum atomic E-state index is 12.1. The lowest BCUT2D eigenvalue weighted by Crippen LogP contribution is -2.37. The van der Waals surface area contributed by atoms with Gasteiger partial charge in [-0.1, -0.05) is 12.1 Å². The van der Waals surface area contributed by atoms with Gasteiger partial charge in [-0.2, -0.15) is 0 Å². The van der Waals surface area contributed by atoms with Gasteiger partial charge in [0.05, 0.1) is 6.04 Å². The molecule has 0 saturated carbocycles. The normalized spacial score (nSPS) is 22.8. The topological polar surface area (TPSA) is 75.6 Å². The monoisotopic (exact) mass is 309 g/mol. The van der Waals surface area contributed by atoms with Crippen LogP contribution in [0.4, 0.5) is 0 Å². The zero-order valence-corrected chi connectivity index (χ0v) is 12.9. The van der Waals surface area contributed by atoms with Gasteiger partial charge < -0.3 is 15.2 Å². The van der Waals surface area contributed by atoms with Crippen LogP contribution < -0.4 is 5.32 Å². The highest BCUT2D eigenvalue weighted by Gasteiger charge is 2.35. The summed E-state index contributed by atoms with van der Waals surface area (Å²) >= 11 is 1.66. The van der Waals surface area contributed by atoms with E-state index in [9.17, 15) is 9.59 Å². The maximum Gasteiger partial charge on any atom is 0.332 e. The average Bonchev–Trinajstić information content (AvgIpc) is 2.97. The van der Waals surface area contributed by atoms with Crippen LogP contribution in [-0.4, -0.2) is 35.4 Å². The first kappa shape index (κ1) is 15.9. The Balaban J connectivity index is 1.91. The molecular formula is C15H19NO4S. The van der Waals surface area contributed by atoms with Gasteiger partial charge in [0.25, 0.3) is 0 Å². The third kappa shape index (κ3) is 3.98. The number of ether oxygens (including phenoxy) is 1. The van der Waals surface area contributed by atoms with Crippen LogP contribution in [0.3, 0.4) is 0 Å². The van der Waals surface area contributed by atoms with Crippen molar-refractivity contribution in [1.82, 2.24) is 5.32 Å². The number of benzene rings is 1. The minimum atomic E-state index is -1.01. The van der Waals surface area contributed by atoms with Crippen molar-refractivity contribution in [2.24, 2.45) is 0 Å². The van der Waals surface area contributed by atoms with Crippen molar-refractivity contribution >= 4 is 23.6 Å².